The summed E-state index contributed by atoms with van der Waals surface area (Å²) in [6.45, 7) is 4.14. The quantitative estimate of drug-likeness (QED) is 0.775. The number of carboxylic acids is 1. The highest BCUT2D eigenvalue weighted by molar-refractivity contribution is 5.74. The Labute approximate surface area is 106 Å². The third-order valence-electron chi connectivity index (χ3n) is 3.60. The Bertz CT molecular complexity index is 341. The van der Waals surface area contributed by atoms with Crippen LogP contribution in [0.3, 0.4) is 0 Å². The first-order valence-corrected chi connectivity index (χ1v) is 6.35. The van der Waals surface area contributed by atoms with Crippen LogP contribution >= 0.6 is 0 Å². The summed E-state index contributed by atoms with van der Waals surface area (Å²) < 4.78 is 5.32. The van der Waals surface area contributed by atoms with Gasteiger partial charge in [-0.05, 0) is 18.3 Å². The third kappa shape index (κ3) is 3.60. The summed E-state index contributed by atoms with van der Waals surface area (Å²) in [6.07, 6.45) is 1.89. The van der Waals surface area contributed by atoms with E-state index in [-0.39, 0.29) is 17.9 Å². The van der Waals surface area contributed by atoms with E-state index < -0.39 is 12.1 Å². The molecule has 0 spiro atoms. The molecule has 6 nitrogen and oxygen atoms in total. The fourth-order valence-electron chi connectivity index (χ4n) is 2.01. The predicted octanol–water partition coefficient (Wildman–Crippen LogP) is 0.672. The molecule has 0 aromatic rings. The number of carbonyl (C=O) groups excluding carboxylic acids is 1. The van der Waals surface area contributed by atoms with E-state index in [9.17, 15) is 9.59 Å². The Hall–Kier alpha value is -1.30. The topological polar surface area (TPSA) is 78.9 Å². The molecule has 1 unspecified atom stereocenters. The fraction of sp³-hybridized carbons (Fsp3) is 0.833. The molecule has 0 radical (unpaired) electrons. The van der Waals surface area contributed by atoms with E-state index in [4.69, 9.17) is 9.84 Å². The number of ether oxygens (including phenoxy) is 1. The molecule has 1 atom stereocenters. The van der Waals surface area contributed by atoms with Crippen LogP contribution in [0.25, 0.3) is 0 Å². The lowest BCUT2D eigenvalue weighted by Gasteiger charge is -2.32. The van der Waals surface area contributed by atoms with E-state index in [0.29, 0.717) is 26.2 Å². The molecule has 1 heterocycles. The standard InChI is InChI=1S/C12H20N2O4/c1-12(2-3-12)8-13-11(17)14-4-5-18-9(7-14)6-10(15)16/h9H,2-8H2,1H3,(H,13,17)(H,15,16). The molecule has 0 bridgehead atoms. The smallest absolute Gasteiger partial charge is 0.317 e. The predicted molar refractivity (Wildman–Crippen MR) is 64.3 cm³/mol. The Morgan fingerprint density at radius 2 is 2.22 bits per heavy atom. The first kappa shape index (κ1) is 13.1. The maximum absolute atomic E-state index is 11.9. The minimum atomic E-state index is -0.896. The number of aliphatic carboxylic acids is 1. The minimum absolute atomic E-state index is 0.0541. The average Bonchev–Trinajstić information content (AvgIpc) is 3.04. The van der Waals surface area contributed by atoms with Crippen LogP contribution in [0.2, 0.25) is 0 Å². The van der Waals surface area contributed by atoms with Gasteiger partial charge in [0.15, 0.2) is 0 Å². The highest BCUT2D eigenvalue weighted by Gasteiger charge is 2.38. The van der Waals surface area contributed by atoms with E-state index in [1.807, 2.05) is 0 Å². The van der Waals surface area contributed by atoms with Crippen molar-refractivity contribution in [3.63, 3.8) is 0 Å². The summed E-state index contributed by atoms with van der Waals surface area (Å²) in [7, 11) is 0. The second-order valence-electron chi connectivity index (χ2n) is 5.51. The van der Waals surface area contributed by atoms with Crippen LogP contribution in [-0.2, 0) is 9.53 Å². The van der Waals surface area contributed by atoms with Crippen molar-refractivity contribution < 1.29 is 19.4 Å². The molecule has 2 amide bonds. The molecule has 6 heteroatoms. The molecule has 2 N–H and O–H groups in total. The lowest BCUT2D eigenvalue weighted by atomic mass is 10.1. The fourth-order valence-corrected chi connectivity index (χ4v) is 2.01. The van der Waals surface area contributed by atoms with Crippen molar-refractivity contribution >= 4 is 12.0 Å². The van der Waals surface area contributed by atoms with Crippen molar-refractivity contribution in [1.82, 2.24) is 10.2 Å². The molecule has 2 rings (SSSR count). The van der Waals surface area contributed by atoms with Gasteiger partial charge in [-0.1, -0.05) is 6.92 Å². The van der Waals surface area contributed by atoms with Crippen molar-refractivity contribution in [2.75, 3.05) is 26.2 Å². The molecule has 1 saturated carbocycles. The molecule has 2 aliphatic rings. The van der Waals surface area contributed by atoms with Crippen LogP contribution in [0.1, 0.15) is 26.2 Å². The number of hydrogen-bond donors (Lipinski definition) is 2. The van der Waals surface area contributed by atoms with Gasteiger partial charge in [0.1, 0.15) is 0 Å². The summed E-state index contributed by atoms with van der Waals surface area (Å²) in [4.78, 5) is 24.2. The SMILES string of the molecule is CC1(CNC(=O)N2CCOC(CC(=O)O)C2)CC1. The highest BCUT2D eigenvalue weighted by Crippen LogP contribution is 2.44. The summed E-state index contributed by atoms with van der Waals surface area (Å²) in [6, 6.07) is -0.109. The zero-order valence-electron chi connectivity index (χ0n) is 10.6. The van der Waals surface area contributed by atoms with Gasteiger partial charge in [0.25, 0.3) is 0 Å². The van der Waals surface area contributed by atoms with E-state index in [2.05, 4.69) is 12.2 Å². The van der Waals surface area contributed by atoms with Gasteiger partial charge in [-0.15, -0.1) is 0 Å². The lowest BCUT2D eigenvalue weighted by molar-refractivity contribution is -0.141. The molecule has 1 aliphatic carbocycles. The largest absolute Gasteiger partial charge is 0.481 e. The number of morpholine rings is 1. The second-order valence-corrected chi connectivity index (χ2v) is 5.51. The van der Waals surface area contributed by atoms with Crippen molar-refractivity contribution in [3.8, 4) is 0 Å². The van der Waals surface area contributed by atoms with Crippen LogP contribution in [0.15, 0.2) is 0 Å². The summed E-state index contributed by atoms with van der Waals surface area (Å²) >= 11 is 0. The van der Waals surface area contributed by atoms with Gasteiger partial charge in [0.2, 0.25) is 0 Å². The number of carbonyl (C=O) groups is 2. The molecular weight excluding hydrogens is 236 g/mol. The maximum Gasteiger partial charge on any atom is 0.317 e. The van der Waals surface area contributed by atoms with Gasteiger partial charge in [-0.25, -0.2) is 4.79 Å². The number of amides is 2. The minimum Gasteiger partial charge on any atom is -0.481 e. The average molecular weight is 256 g/mol. The summed E-state index contributed by atoms with van der Waals surface area (Å²) in [5.41, 5.74) is 0.280. The van der Waals surface area contributed by atoms with Gasteiger partial charge in [-0.2, -0.15) is 0 Å². The molecule has 2 fully saturated rings. The first-order valence-electron chi connectivity index (χ1n) is 6.35. The number of rotatable bonds is 4. The van der Waals surface area contributed by atoms with Gasteiger partial charge < -0.3 is 20.1 Å². The number of hydrogen-bond acceptors (Lipinski definition) is 3. The normalized spacial score (nSPS) is 25.6. The third-order valence-corrected chi connectivity index (χ3v) is 3.60. The lowest BCUT2D eigenvalue weighted by Crippen LogP contribution is -2.50. The van der Waals surface area contributed by atoms with Crippen molar-refractivity contribution in [2.45, 2.75) is 32.3 Å². The van der Waals surface area contributed by atoms with E-state index in [1.54, 1.807) is 4.90 Å². The monoisotopic (exact) mass is 256 g/mol. The molecule has 1 saturated heterocycles. The molecule has 0 aromatic heterocycles. The number of urea groups is 1. The van der Waals surface area contributed by atoms with E-state index >= 15 is 0 Å². The van der Waals surface area contributed by atoms with Gasteiger partial charge in [0.05, 0.1) is 19.1 Å². The van der Waals surface area contributed by atoms with Crippen molar-refractivity contribution in [2.24, 2.45) is 5.41 Å². The van der Waals surface area contributed by atoms with E-state index in [1.165, 1.54) is 0 Å². The zero-order valence-corrected chi connectivity index (χ0v) is 10.6. The molecule has 18 heavy (non-hydrogen) atoms. The van der Waals surface area contributed by atoms with E-state index in [0.717, 1.165) is 12.8 Å². The number of nitrogens with zero attached hydrogens (tertiary/aromatic N) is 1. The summed E-state index contributed by atoms with van der Waals surface area (Å²) in [5, 5.41) is 11.6. The zero-order chi connectivity index (χ0) is 13.2. The van der Waals surface area contributed by atoms with Crippen molar-refractivity contribution in [1.29, 1.82) is 0 Å². The number of carboxylic acid groups (broad SMARTS) is 1. The second kappa shape index (κ2) is 5.14. The highest BCUT2D eigenvalue weighted by atomic mass is 16.5. The van der Waals surface area contributed by atoms with Gasteiger partial charge in [-0.3, -0.25) is 4.79 Å². The number of nitrogens with one attached hydrogen (secondary N) is 1. The van der Waals surface area contributed by atoms with Crippen LogP contribution in [0.4, 0.5) is 4.79 Å². The summed E-state index contributed by atoms with van der Waals surface area (Å²) in [5.74, 6) is -0.896. The molecule has 102 valence electrons. The first-order chi connectivity index (χ1) is 8.48. The Kier molecular flexibility index (Phi) is 3.75. The maximum atomic E-state index is 11.9. The van der Waals surface area contributed by atoms with Gasteiger partial charge >= 0.3 is 12.0 Å². The van der Waals surface area contributed by atoms with Crippen LogP contribution in [0, 0.1) is 5.41 Å². The molecule has 1 aliphatic heterocycles. The van der Waals surface area contributed by atoms with Gasteiger partial charge in [0, 0.05) is 19.6 Å². The Morgan fingerprint density at radius 3 is 2.83 bits per heavy atom. The Morgan fingerprint density at radius 1 is 1.50 bits per heavy atom. The Balaban J connectivity index is 1.76. The molecule has 0 aromatic carbocycles. The van der Waals surface area contributed by atoms with Crippen molar-refractivity contribution in [3.05, 3.63) is 0 Å². The van der Waals surface area contributed by atoms with Crippen LogP contribution in [-0.4, -0.2) is 54.4 Å². The van der Waals surface area contributed by atoms with Crippen LogP contribution in [0.5, 0.6) is 0 Å². The van der Waals surface area contributed by atoms with Crippen LogP contribution < -0.4 is 5.32 Å². The molecular formula is C12H20N2O4.